The Labute approximate surface area is 126 Å². The zero-order chi connectivity index (χ0) is 14.7. The van der Waals surface area contributed by atoms with Crippen molar-refractivity contribution in [3.8, 4) is 0 Å². The summed E-state index contributed by atoms with van der Waals surface area (Å²) in [5.74, 6) is 2.39. The predicted octanol–water partition coefficient (Wildman–Crippen LogP) is 3.52. The van der Waals surface area contributed by atoms with Gasteiger partial charge < -0.3 is 10.4 Å². The maximum absolute atomic E-state index is 10.2. The topological polar surface area (TPSA) is 58.0 Å². The third-order valence-electron chi connectivity index (χ3n) is 4.12. The van der Waals surface area contributed by atoms with Crippen molar-refractivity contribution in [1.82, 2.24) is 9.97 Å². The van der Waals surface area contributed by atoms with Gasteiger partial charge in [-0.1, -0.05) is 38.3 Å². The molecule has 1 aromatic rings. The molecule has 1 atom stereocenters. The van der Waals surface area contributed by atoms with Crippen molar-refractivity contribution in [2.75, 3.05) is 11.9 Å². The van der Waals surface area contributed by atoms with E-state index in [1.165, 1.54) is 0 Å². The Morgan fingerprint density at radius 1 is 1.30 bits per heavy atom. The van der Waals surface area contributed by atoms with E-state index >= 15 is 0 Å². The Bertz CT molecular complexity index is 459. The summed E-state index contributed by atoms with van der Waals surface area (Å²) in [6.07, 6.45) is 3.90. The van der Waals surface area contributed by atoms with E-state index in [0.29, 0.717) is 23.5 Å². The summed E-state index contributed by atoms with van der Waals surface area (Å²) < 4.78 is 0. The zero-order valence-corrected chi connectivity index (χ0v) is 13.2. The Morgan fingerprint density at radius 3 is 2.50 bits per heavy atom. The van der Waals surface area contributed by atoms with Crippen molar-refractivity contribution in [3.63, 3.8) is 0 Å². The molecule has 1 fully saturated rings. The number of hydrogen-bond donors (Lipinski definition) is 2. The summed E-state index contributed by atoms with van der Waals surface area (Å²) in [6, 6.07) is 0. The molecule has 1 saturated carbocycles. The third kappa shape index (κ3) is 3.61. The van der Waals surface area contributed by atoms with Crippen LogP contribution in [0.4, 0.5) is 5.82 Å². The van der Waals surface area contributed by atoms with Crippen LogP contribution in [0.3, 0.4) is 0 Å². The van der Waals surface area contributed by atoms with Crippen molar-refractivity contribution in [2.24, 2.45) is 5.92 Å². The number of rotatable bonds is 7. The minimum absolute atomic E-state index is 0.322. The van der Waals surface area contributed by atoms with Gasteiger partial charge in [-0.05, 0) is 25.7 Å². The first-order chi connectivity index (χ1) is 9.56. The van der Waals surface area contributed by atoms with Crippen LogP contribution >= 0.6 is 11.6 Å². The molecule has 0 amide bonds. The fourth-order valence-corrected chi connectivity index (χ4v) is 2.58. The minimum Gasteiger partial charge on any atom is -0.391 e. The highest BCUT2D eigenvalue weighted by Crippen LogP contribution is 2.39. The molecule has 0 spiro atoms. The van der Waals surface area contributed by atoms with Gasteiger partial charge in [0.05, 0.1) is 6.10 Å². The third-order valence-corrected chi connectivity index (χ3v) is 4.49. The quantitative estimate of drug-likeness (QED) is 0.756. The maximum atomic E-state index is 10.2. The van der Waals surface area contributed by atoms with E-state index in [1.54, 1.807) is 0 Å². The van der Waals surface area contributed by atoms with Crippen LogP contribution in [-0.2, 0) is 0 Å². The van der Waals surface area contributed by atoms with E-state index < -0.39 is 0 Å². The van der Waals surface area contributed by atoms with Crippen molar-refractivity contribution in [2.45, 2.75) is 58.5 Å². The summed E-state index contributed by atoms with van der Waals surface area (Å²) >= 11 is 6.17. The standard InChI is InChI=1S/C15H24ClN3O/c1-4-10(5-2)12(20)8-17-14-9(3)13(16)18-15(19-14)11-6-7-11/h10-12,20H,4-8H2,1-3H3,(H,17,18,19). The molecule has 1 heterocycles. The molecule has 1 aliphatic carbocycles. The van der Waals surface area contributed by atoms with E-state index in [0.717, 1.165) is 42.9 Å². The normalized spacial score (nSPS) is 16.5. The lowest BCUT2D eigenvalue weighted by Crippen LogP contribution is -2.28. The van der Waals surface area contributed by atoms with Gasteiger partial charge in [-0.2, -0.15) is 0 Å². The number of halogens is 1. The van der Waals surface area contributed by atoms with E-state index in [1.807, 2.05) is 6.92 Å². The van der Waals surface area contributed by atoms with Gasteiger partial charge in [0.2, 0.25) is 0 Å². The number of aromatic nitrogens is 2. The molecule has 4 nitrogen and oxygen atoms in total. The molecule has 0 aliphatic heterocycles. The second kappa shape index (κ2) is 6.72. The van der Waals surface area contributed by atoms with Crippen molar-refractivity contribution < 1.29 is 5.11 Å². The van der Waals surface area contributed by atoms with Crippen LogP contribution in [-0.4, -0.2) is 27.7 Å². The molecule has 20 heavy (non-hydrogen) atoms. The first kappa shape index (κ1) is 15.5. The van der Waals surface area contributed by atoms with E-state index in [2.05, 4.69) is 29.1 Å². The number of hydrogen-bond acceptors (Lipinski definition) is 4. The summed E-state index contributed by atoms with van der Waals surface area (Å²) in [7, 11) is 0. The monoisotopic (exact) mass is 297 g/mol. The maximum Gasteiger partial charge on any atom is 0.137 e. The molecule has 112 valence electrons. The van der Waals surface area contributed by atoms with Crippen molar-refractivity contribution >= 4 is 17.4 Å². The average molecular weight is 298 g/mol. The molecule has 1 unspecified atom stereocenters. The first-order valence-corrected chi connectivity index (χ1v) is 7.90. The summed E-state index contributed by atoms with van der Waals surface area (Å²) in [6.45, 7) is 6.63. The number of nitrogens with zero attached hydrogens (tertiary/aromatic N) is 2. The Morgan fingerprint density at radius 2 is 1.95 bits per heavy atom. The van der Waals surface area contributed by atoms with Crippen LogP contribution in [0, 0.1) is 12.8 Å². The predicted molar refractivity (Wildman–Crippen MR) is 82.3 cm³/mol. The second-order valence-corrected chi connectivity index (χ2v) is 6.00. The lowest BCUT2D eigenvalue weighted by atomic mass is 9.96. The SMILES string of the molecule is CCC(CC)C(O)CNc1nc(C2CC2)nc(Cl)c1C. The summed E-state index contributed by atoms with van der Waals surface area (Å²) in [5.41, 5.74) is 0.854. The summed E-state index contributed by atoms with van der Waals surface area (Å²) in [5, 5.41) is 13.9. The van der Waals surface area contributed by atoms with Gasteiger partial charge in [0.15, 0.2) is 0 Å². The number of aliphatic hydroxyl groups is 1. The second-order valence-electron chi connectivity index (χ2n) is 5.65. The van der Waals surface area contributed by atoms with Crippen LogP contribution < -0.4 is 5.32 Å². The molecule has 0 bridgehead atoms. The van der Waals surface area contributed by atoms with E-state index in [9.17, 15) is 5.11 Å². The number of nitrogens with one attached hydrogen (secondary N) is 1. The largest absolute Gasteiger partial charge is 0.391 e. The number of aliphatic hydroxyl groups excluding tert-OH is 1. The fraction of sp³-hybridized carbons (Fsp3) is 0.733. The van der Waals surface area contributed by atoms with Crippen LogP contribution in [0.5, 0.6) is 0 Å². The molecule has 2 rings (SSSR count). The minimum atomic E-state index is -0.359. The van der Waals surface area contributed by atoms with Gasteiger partial charge in [0, 0.05) is 18.0 Å². The highest BCUT2D eigenvalue weighted by atomic mass is 35.5. The lowest BCUT2D eigenvalue weighted by Gasteiger charge is -2.21. The van der Waals surface area contributed by atoms with Crippen LogP contribution in [0.1, 0.15) is 56.8 Å². The average Bonchev–Trinajstić information content (AvgIpc) is 3.26. The molecule has 2 N–H and O–H groups in total. The lowest BCUT2D eigenvalue weighted by molar-refractivity contribution is 0.114. The van der Waals surface area contributed by atoms with E-state index in [-0.39, 0.29) is 6.10 Å². The molecule has 0 aromatic carbocycles. The molecular formula is C15H24ClN3O. The summed E-state index contributed by atoms with van der Waals surface area (Å²) in [4.78, 5) is 8.90. The Balaban J connectivity index is 2.05. The Hall–Kier alpha value is -0.870. The highest BCUT2D eigenvalue weighted by Gasteiger charge is 2.28. The molecule has 0 saturated heterocycles. The van der Waals surface area contributed by atoms with Crippen LogP contribution in [0.15, 0.2) is 0 Å². The molecular weight excluding hydrogens is 274 g/mol. The number of anilines is 1. The van der Waals surface area contributed by atoms with Gasteiger partial charge in [-0.25, -0.2) is 9.97 Å². The van der Waals surface area contributed by atoms with Gasteiger partial charge in [0.1, 0.15) is 16.8 Å². The van der Waals surface area contributed by atoms with Gasteiger partial charge in [0.25, 0.3) is 0 Å². The highest BCUT2D eigenvalue weighted by molar-refractivity contribution is 6.30. The van der Waals surface area contributed by atoms with Gasteiger partial charge >= 0.3 is 0 Å². The molecule has 0 radical (unpaired) electrons. The van der Waals surface area contributed by atoms with Crippen molar-refractivity contribution in [1.29, 1.82) is 0 Å². The molecule has 5 heteroatoms. The first-order valence-electron chi connectivity index (χ1n) is 7.52. The fourth-order valence-electron chi connectivity index (χ4n) is 2.40. The molecule has 1 aromatic heterocycles. The van der Waals surface area contributed by atoms with Crippen molar-refractivity contribution in [3.05, 3.63) is 16.5 Å². The van der Waals surface area contributed by atoms with Crippen LogP contribution in [0.25, 0.3) is 0 Å². The van der Waals surface area contributed by atoms with E-state index in [4.69, 9.17) is 11.6 Å². The van der Waals surface area contributed by atoms with Gasteiger partial charge in [-0.3, -0.25) is 0 Å². The van der Waals surface area contributed by atoms with Gasteiger partial charge in [-0.15, -0.1) is 0 Å². The Kier molecular flexibility index (Phi) is 5.22. The van der Waals surface area contributed by atoms with Crippen LogP contribution in [0.2, 0.25) is 5.15 Å². The molecule has 1 aliphatic rings. The smallest absolute Gasteiger partial charge is 0.137 e. The zero-order valence-electron chi connectivity index (χ0n) is 12.5.